The van der Waals surface area contributed by atoms with Gasteiger partial charge in [-0.15, -0.1) is 0 Å². The van der Waals surface area contributed by atoms with Crippen LogP contribution in [0.2, 0.25) is 10.0 Å². The molecule has 0 aliphatic rings. The molecule has 0 saturated carbocycles. The lowest BCUT2D eigenvalue weighted by atomic mass is 10.2. The molecule has 0 aliphatic carbocycles. The molecule has 0 radical (unpaired) electrons. The fraction of sp³-hybridized carbons (Fsp3) is 0.154. The van der Waals surface area contributed by atoms with Crippen molar-refractivity contribution in [1.29, 1.82) is 0 Å². The molecule has 1 atom stereocenters. The standard InChI is InChI=1S/C13H8Cl2F3NOS/c14-10-2-1-3-11(15)9(10)7-21(20)12-5-4-8(6-19-12)13(16,17)18/h1-6H,7H2/t21-/m0/s1. The smallest absolute Gasteiger partial charge is 0.252 e. The Morgan fingerprint density at radius 1 is 1.10 bits per heavy atom. The maximum absolute atomic E-state index is 12.4. The Balaban J connectivity index is 2.21. The molecule has 0 unspecified atom stereocenters. The summed E-state index contributed by atoms with van der Waals surface area (Å²) in [5, 5.41) is 0.740. The summed E-state index contributed by atoms with van der Waals surface area (Å²) in [7, 11) is -1.64. The molecule has 0 bridgehead atoms. The van der Waals surface area contributed by atoms with Gasteiger partial charge in [0.15, 0.2) is 0 Å². The molecule has 0 amide bonds. The van der Waals surface area contributed by atoms with Crippen LogP contribution in [0.4, 0.5) is 13.2 Å². The summed E-state index contributed by atoms with van der Waals surface area (Å²) in [6, 6.07) is 6.77. The van der Waals surface area contributed by atoms with E-state index in [0.29, 0.717) is 21.8 Å². The van der Waals surface area contributed by atoms with Gasteiger partial charge in [-0.05, 0) is 24.3 Å². The lowest BCUT2D eigenvalue weighted by molar-refractivity contribution is -0.137. The minimum absolute atomic E-state index is 0.0170. The summed E-state index contributed by atoms with van der Waals surface area (Å²) >= 11 is 11.9. The molecule has 112 valence electrons. The van der Waals surface area contributed by atoms with Gasteiger partial charge in [0.2, 0.25) is 0 Å². The van der Waals surface area contributed by atoms with Crippen LogP contribution >= 0.6 is 23.2 Å². The summed E-state index contributed by atoms with van der Waals surface area (Å²) in [5.41, 5.74) is -0.417. The average Bonchev–Trinajstić information content (AvgIpc) is 2.42. The van der Waals surface area contributed by atoms with E-state index in [1.807, 2.05) is 0 Å². The van der Waals surface area contributed by atoms with Gasteiger partial charge in [0.25, 0.3) is 0 Å². The normalized spacial score (nSPS) is 13.2. The number of nitrogens with zero attached hydrogens (tertiary/aromatic N) is 1. The molecule has 0 N–H and O–H groups in total. The first-order valence-corrected chi connectivity index (χ1v) is 7.71. The quantitative estimate of drug-likeness (QED) is 0.799. The Morgan fingerprint density at radius 2 is 1.71 bits per heavy atom. The van der Waals surface area contributed by atoms with Gasteiger partial charge in [-0.1, -0.05) is 29.3 Å². The highest BCUT2D eigenvalue weighted by molar-refractivity contribution is 7.84. The predicted octanol–water partition coefficient (Wildman–Crippen LogP) is 4.72. The summed E-state index contributed by atoms with van der Waals surface area (Å²) in [5.74, 6) is -0.0170. The van der Waals surface area contributed by atoms with Gasteiger partial charge < -0.3 is 0 Å². The number of pyridine rings is 1. The zero-order valence-corrected chi connectivity index (χ0v) is 12.7. The van der Waals surface area contributed by atoms with Crippen LogP contribution in [-0.4, -0.2) is 9.19 Å². The van der Waals surface area contributed by atoms with Gasteiger partial charge >= 0.3 is 6.18 Å². The molecule has 0 fully saturated rings. The topological polar surface area (TPSA) is 30.0 Å². The van der Waals surface area contributed by atoms with E-state index in [0.717, 1.165) is 12.1 Å². The van der Waals surface area contributed by atoms with Gasteiger partial charge in [0, 0.05) is 21.8 Å². The third-order valence-corrected chi connectivity index (χ3v) is 4.60. The van der Waals surface area contributed by atoms with Crippen LogP contribution in [0.15, 0.2) is 41.6 Å². The van der Waals surface area contributed by atoms with Gasteiger partial charge in [-0.3, -0.25) is 4.21 Å². The fourth-order valence-corrected chi connectivity index (χ4v) is 3.36. The van der Waals surface area contributed by atoms with Crippen LogP contribution in [-0.2, 0) is 22.7 Å². The molecular weight excluding hydrogens is 346 g/mol. The van der Waals surface area contributed by atoms with Gasteiger partial charge in [-0.25, -0.2) is 4.98 Å². The van der Waals surface area contributed by atoms with Crippen molar-refractivity contribution in [2.75, 3.05) is 0 Å². The van der Waals surface area contributed by atoms with Crippen LogP contribution in [0.5, 0.6) is 0 Å². The first-order valence-electron chi connectivity index (χ1n) is 5.63. The second-order valence-electron chi connectivity index (χ2n) is 4.07. The third kappa shape index (κ3) is 3.96. The van der Waals surface area contributed by atoms with Crippen LogP contribution in [0.1, 0.15) is 11.1 Å². The van der Waals surface area contributed by atoms with Crippen molar-refractivity contribution in [1.82, 2.24) is 4.98 Å². The Hall–Kier alpha value is -1.11. The molecule has 0 aliphatic heterocycles. The lowest BCUT2D eigenvalue weighted by Gasteiger charge is -2.08. The van der Waals surface area contributed by atoms with Crippen LogP contribution in [0, 0.1) is 0 Å². The van der Waals surface area contributed by atoms with Gasteiger partial charge in [0.1, 0.15) is 5.03 Å². The molecule has 2 nitrogen and oxygen atoms in total. The van der Waals surface area contributed by atoms with Crippen molar-refractivity contribution in [2.24, 2.45) is 0 Å². The monoisotopic (exact) mass is 353 g/mol. The van der Waals surface area contributed by atoms with Crippen molar-refractivity contribution in [3.63, 3.8) is 0 Å². The van der Waals surface area contributed by atoms with Crippen molar-refractivity contribution >= 4 is 34.0 Å². The van der Waals surface area contributed by atoms with Gasteiger partial charge in [0.05, 0.1) is 22.1 Å². The molecule has 0 spiro atoms. The fourth-order valence-electron chi connectivity index (χ4n) is 1.56. The number of halogens is 5. The van der Waals surface area contributed by atoms with Crippen molar-refractivity contribution in [2.45, 2.75) is 17.0 Å². The third-order valence-electron chi connectivity index (χ3n) is 2.63. The average molecular weight is 354 g/mol. The molecule has 1 heterocycles. The molecule has 2 aromatic rings. The maximum Gasteiger partial charge on any atom is 0.417 e. The molecule has 8 heteroatoms. The minimum atomic E-state index is -4.47. The SMILES string of the molecule is O=[S@@](Cc1c(Cl)cccc1Cl)c1ccc(C(F)(F)F)cn1. The molecule has 0 saturated heterocycles. The lowest BCUT2D eigenvalue weighted by Crippen LogP contribution is -2.07. The summed E-state index contributed by atoms with van der Waals surface area (Å²) < 4.78 is 49.4. The van der Waals surface area contributed by atoms with Crippen molar-refractivity contribution in [3.05, 3.63) is 57.7 Å². The maximum atomic E-state index is 12.4. The van der Waals surface area contributed by atoms with Crippen LogP contribution < -0.4 is 0 Å². The number of aromatic nitrogens is 1. The highest BCUT2D eigenvalue weighted by Crippen LogP contribution is 2.30. The zero-order valence-electron chi connectivity index (χ0n) is 10.3. The van der Waals surface area contributed by atoms with Crippen LogP contribution in [0.25, 0.3) is 0 Å². The first kappa shape index (κ1) is 16.3. The molecule has 1 aromatic carbocycles. The van der Waals surface area contributed by atoms with E-state index in [4.69, 9.17) is 23.2 Å². The summed E-state index contributed by atoms with van der Waals surface area (Å²) in [6.07, 6.45) is -3.82. The van der Waals surface area contributed by atoms with E-state index in [-0.39, 0.29) is 10.8 Å². The van der Waals surface area contributed by atoms with E-state index in [1.54, 1.807) is 18.2 Å². The number of hydrogen-bond donors (Lipinski definition) is 0. The Labute approximate surface area is 131 Å². The molecule has 1 aromatic heterocycles. The number of hydrogen-bond acceptors (Lipinski definition) is 2. The van der Waals surface area contributed by atoms with Crippen molar-refractivity contribution < 1.29 is 17.4 Å². The number of benzene rings is 1. The number of rotatable bonds is 3. The van der Waals surface area contributed by atoms with E-state index in [9.17, 15) is 17.4 Å². The minimum Gasteiger partial charge on any atom is -0.252 e. The van der Waals surface area contributed by atoms with E-state index in [2.05, 4.69) is 4.98 Å². The van der Waals surface area contributed by atoms with Gasteiger partial charge in [-0.2, -0.15) is 13.2 Å². The Kier molecular flexibility index (Phi) is 4.91. The Morgan fingerprint density at radius 3 is 2.19 bits per heavy atom. The van der Waals surface area contributed by atoms with E-state index >= 15 is 0 Å². The largest absolute Gasteiger partial charge is 0.417 e. The summed E-state index contributed by atoms with van der Waals surface area (Å²) in [6.45, 7) is 0. The first-order chi connectivity index (χ1) is 9.79. The zero-order chi connectivity index (χ0) is 15.6. The van der Waals surface area contributed by atoms with Crippen LogP contribution in [0.3, 0.4) is 0 Å². The van der Waals surface area contributed by atoms with E-state index < -0.39 is 22.5 Å². The molecule has 2 rings (SSSR count). The predicted molar refractivity (Wildman–Crippen MR) is 75.8 cm³/mol. The number of alkyl halides is 3. The highest BCUT2D eigenvalue weighted by atomic mass is 35.5. The second kappa shape index (κ2) is 6.34. The molecule has 21 heavy (non-hydrogen) atoms. The second-order valence-corrected chi connectivity index (χ2v) is 6.29. The molecular formula is C13H8Cl2F3NOS. The van der Waals surface area contributed by atoms with E-state index in [1.165, 1.54) is 0 Å². The summed E-state index contributed by atoms with van der Waals surface area (Å²) in [4.78, 5) is 3.59. The van der Waals surface area contributed by atoms with Crippen molar-refractivity contribution in [3.8, 4) is 0 Å². The Bertz CT molecular complexity index is 654. The highest BCUT2D eigenvalue weighted by Gasteiger charge is 2.30.